The van der Waals surface area contributed by atoms with Crippen molar-refractivity contribution in [1.82, 2.24) is 9.38 Å². The third-order valence-corrected chi connectivity index (χ3v) is 4.36. The topological polar surface area (TPSA) is 46.8 Å². The second-order valence-corrected chi connectivity index (χ2v) is 6.16. The number of carbonyl (C=O) groups is 1. The maximum Gasteiger partial charge on any atom is 0.415 e. The average Bonchev–Trinajstić information content (AvgIpc) is 3.02. The van der Waals surface area contributed by atoms with Gasteiger partial charge in [-0.15, -0.1) is 6.58 Å². The van der Waals surface area contributed by atoms with E-state index < -0.39 is 6.09 Å². The maximum atomic E-state index is 11.9. The van der Waals surface area contributed by atoms with E-state index >= 15 is 0 Å². The summed E-state index contributed by atoms with van der Waals surface area (Å²) in [6.45, 7) is 4.01. The van der Waals surface area contributed by atoms with Crippen LogP contribution in [0.4, 0.5) is 10.6 Å². The number of fused-ring (bicyclic) bond motifs is 1. The van der Waals surface area contributed by atoms with E-state index in [0.717, 1.165) is 10.5 Å². The van der Waals surface area contributed by atoms with Gasteiger partial charge >= 0.3 is 6.09 Å². The van der Waals surface area contributed by atoms with Crippen molar-refractivity contribution in [2.75, 3.05) is 18.6 Å². The van der Waals surface area contributed by atoms with Crippen LogP contribution in [-0.4, -0.2) is 29.1 Å². The smallest absolute Gasteiger partial charge is 0.415 e. The Morgan fingerprint density at radius 1 is 1.25 bits per heavy atom. The molecule has 2 aromatic heterocycles. The third-order valence-electron chi connectivity index (χ3n) is 3.37. The van der Waals surface area contributed by atoms with E-state index in [9.17, 15) is 4.79 Å². The summed E-state index contributed by atoms with van der Waals surface area (Å²) in [6.07, 6.45) is 4.98. The highest BCUT2D eigenvalue weighted by Crippen LogP contribution is 2.28. The van der Waals surface area contributed by atoms with Crippen LogP contribution in [0.5, 0.6) is 0 Å². The van der Waals surface area contributed by atoms with Gasteiger partial charge in [0.25, 0.3) is 0 Å². The largest absolute Gasteiger partial charge is 0.452 e. The lowest BCUT2D eigenvalue weighted by Gasteiger charge is -2.15. The van der Waals surface area contributed by atoms with Gasteiger partial charge in [-0.1, -0.05) is 36.0 Å². The molecule has 0 saturated heterocycles. The zero-order valence-electron chi connectivity index (χ0n) is 13.3. The molecule has 0 atom stereocenters. The molecule has 24 heavy (non-hydrogen) atoms. The molecule has 0 unspecified atom stereocenters. The quantitative estimate of drug-likeness (QED) is 0.652. The van der Waals surface area contributed by atoms with E-state index in [-0.39, 0.29) is 0 Å². The molecule has 0 N–H and O–H groups in total. The number of methoxy groups -OCH3 is 1. The summed E-state index contributed by atoms with van der Waals surface area (Å²) in [4.78, 5) is 20.1. The number of amides is 1. The molecule has 0 bridgehead atoms. The van der Waals surface area contributed by atoms with Crippen molar-refractivity contribution in [3.8, 4) is 0 Å². The molecular weight excluding hydrogens is 322 g/mol. The molecule has 1 aromatic carbocycles. The molecule has 1 amide bonds. The number of nitrogens with zero attached hydrogens (tertiary/aromatic N) is 3. The number of pyridine rings is 1. The van der Waals surface area contributed by atoms with Crippen LogP contribution >= 0.6 is 11.8 Å². The summed E-state index contributed by atoms with van der Waals surface area (Å²) in [7, 11) is 1.35. The van der Waals surface area contributed by atoms with Gasteiger partial charge in [-0.05, 0) is 24.3 Å². The Kier molecular flexibility index (Phi) is 4.86. The fraction of sp³-hybridized carbons (Fsp3) is 0.111. The van der Waals surface area contributed by atoms with Crippen LogP contribution in [0.1, 0.15) is 0 Å². The Morgan fingerprint density at radius 2 is 2.04 bits per heavy atom. The fourth-order valence-electron chi connectivity index (χ4n) is 2.27. The first-order valence-electron chi connectivity index (χ1n) is 7.39. The minimum Gasteiger partial charge on any atom is -0.452 e. The molecule has 0 spiro atoms. The second kappa shape index (κ2) is 7.23. The van der Waals surface area contributed by atoms with Crippen molar-refractivity contribution in [1.29, 1.82) is 0 Å². The van der Waals surface area contributed by atoms with E-state index in [1.807, 2.05) is 47.1 Å². The van der Waals surface area contributed by atoms with E-state index in [4.69, 9.17) is 4.74 Å². The van der Waals surface area contributed by atoms with Gasteiger partial charge in [0.2, 0.25) is 0 Å². The molecule has 0 aliphatic carbocycles. The van der Waals surface area contributed by atoms with Crippen LogP contribution in [-0.2, 0) is 4.74 Å². The third kappa shape index (κ3) is 3.44. The summed E-state index contributed by atoms with van der Waals surface area (Å²) < 4.78 is 6.71. The Labute approximate surface area is 144 Å². The summed E-state index contributed by atoms with van der Waals surface area (Å²) in [5.41, 5.74) is 0.764. The molecule has 0 aliphatic rings. The highest BCUT2D eigenvalue weighted by Gasteiger charge is 2.18. The van der Waals surface area contributed by atoms with E-state index in [1.165, 1.54) is 16.9 Å². The monoisotopic (exact) mass is 339 g/mol. The molecule has 122 valence electrons. The standard InChI is InChI=1S/C18H17N3O2S/c1-3-11-21(18(22)23-2)17-13-20-12-15(9-10-16(20)19-17)24-14-7-5-4-6-8-14/h3-10,12-13H,1,11H2,2H3. The Bertz CT molecular complexity index is 861. The van der Waals surface area contributed by atoms with Crippen LogP contribution in [0.15, 0.2) is 77.3 Å². The van der Waals surface area contributed by atoms with Crippen LogP contribution in [0, 0.1) is 0 Å². The first kappa shape index (κ1) is 16.1. The Morgan fingerprint density at radius 3 is 2.75 bits per heavy atom. The van der Waals surface area contributed by atoms with Crippen molar-refractivity contribution in [3.05, 3.63) is 67.5 Å². The van der Waals surface area contributed by atoms with E-state index in [1.54, 1.807) is 17.8 Å². The number of hydrogen-bond donors (Lipinski definition) is 0. The van der Waals surface area contributed by atoms with Crippen LogP contribution < -0.4 is 4.90 Å². The zero-order valence-corrected chi connectivity index (χ0v) is 14.1. The van der Waals surface area contributed by atoms with Crippen LogP contribution in [0.25, 0.3) is 5.65 Å². The number of imidazole rings is 1. The molecule has 0 saturated carbocycles. The van der Waals surface area contributed by atoms with Crippen molar-refractivity contribution in [2.45, 2.75) is 9.79 Å². The first-order chi connectivity index (χ1) is 11.7. The Hall–Kier alpha value is -2.73. The minimum absolute atomic E-state index is 0.335. The van der Waals surface area contributed by atoms with Gasteiger partial charge in [0, 0.05) is 22.5 Å². The molecule has 5 nitrogen and oxygen atoms in total. The van der Waals surface area contributed by atoms with Crippen LogP contribution in [0.2, 0.25) is 0 Å². The number of benzene rings is 1. The molecule has 0 fully saturated rings. The number of aromatic nitrogens is 2. The number of hydrogen-bond acceptors (Lipinski definition) is 4. The minimum atomic E-state index is -0.461. The van der Waals surface area contributed by atoms with E-state index in [0.29, 0.717) is 12.4 Å². The Balaban J connectivity index is 1.90. The van der Waals surface area contributed by atoms with Crippen molar-refractivity contribution >= 4 is 29.3 Å². The normalized spacial score (nSPS) is 10.5. The predicted octanol–water partition coefficient (Wildman–Crippen LogP) is 4.24. The molecule has 3 rings (SSSR count). The van der Waals surface area contributed by atoms with Gasteiger partial charge in [0.15, 0.2) is 5.82 Å². The first-order valence-corrected chi connectivity index (χ1v) is 8.21. The summed E-state index contributed by atoms with van der Waals surface area (Å²) in [5.74, 6) is 0.531. The summed E-state index contributed by atoms with van der Waals surface area (Å²) >= 11 is 1.67. The molecule has 3 aromatic rings. The molecule has 2 heterocycles. The summed E-state index contributed by atoms with van der Waals surface area (Å²) in [5, 5.41) is 0. The molecule has 0 radical (unpaired) electrons. The van der Waals surface area contributed by atoms with Gasteiger partial charge in [0.1, 0.15) is 5.65 Å². The van der Waals surface area contributed by atoms with Gasteiger partial charge < -0.3 is 9.14 Å². The van der Waals surface area contributed by atoms with Crippen molar-refractivity contribution < 1.29 is 9.53 Å². The van der Waals surface area contributed by atoms with Gasteiger partial charge in [0.05, 0.1) is 13.3 Å². The number of rotatable bonds is 5. The summed E-state index contributed by atoms with van der Waals surface area (Å²) in [6, 6.07) is 14.1. The van der Waals surface area contributed by atoms with Crippen molar-refractivity contribution in [2.24, 2.45) is 0 Å². The van der Waals surface area contributed by atoms with Gasteiger partial charge in [-0.2, -0.15) is 0 Å². The lowest BCUT2D eigenvalue weighted by Crippen LogP contribution is -2.31. The SMILES string of the molecule is C=CCN(C(=O)OC)c1cn2cc(Sc3ccccc3)ccc2n1. The second-order valence-electron chi connectivity index (χ2n) is 5.01. The van der Waals surface area contributed by atoms with Crippen LogP contribution in [0.3, 0.4) is 0 Å². The zero-order chi connectivity index (χ0) is 16.9. The van der Waals surface area contributed by atoms with Gasteiger partial charge in [-0.3, -0.25) is 4.90 Å². The average molecular weight is 339 g/mol. The number of anilines is 1. The number of ether oxygens (including phenoxy) is 1. The lowest BCUT2D eigenvalue weighted by molar-refractivity contribution is 0.179. The predicted molar refractivity (Wildman–Crippen MR) is 95.7 cm³/mol. The highest BCUT2D eigenvalue weighted by atomic mass is 32.2. The van der Waals surface area contributed by atoms with E-state index in [2.05, 4.69) is 23.7 Å². The maximum absolute atomic E-state index is 11.9. The van der Waals surface area contributed by atoms with Gasteiger partial charge in [-0.25, -0.2) is 9.78 Å². The van der Waals surface area contributed by atoms with Crippen molar-refractivity contribution in [3.63, 3.8) is 0 Å². The lowest BCUT2D eigenvalue weighted by atomic mass is 10.4. The highest BCUT2D eigenvalue weighted by molar-refractivity contribution is 7.99. The molecular formula is C18H17N3O2S. The molecule has 6 heteroatoms. The number of carbonyl (C=O) groups excluding carboxylic acids is 1. The fourth-order valence-corrected chi connectivity index (χ4v) is 3.14. The molecule has 0 aliphatic heterocycles.